The van der Waals surface area contributed by atoms with Gasteiger partial charge in [-0.2, -0.15) is 5.10 Å². The van der Waals surface area contributed by atoms with Gasteiger partial charge in [0.25, 0.3) is 0 Å². The molecule has 0 saturated heterocycles. The highest BCUT2D eigenvalue weighted by atomic mass is 16.5. The van der Waals surface area contributed by atoms with E-state index in [0.29, 0.717) is 12.6 Å². The third-order valence-corrected chi connectivity index (χ3v) is 3.58. The predicted molar refractivity (Wildman–Crippen MR) is 72.8 cm³/mol. The van der Waals surface area contributed by atoms with Crippen molar-refractivity contribution < 1.29 is 9.53 Å². The second-order valence-corrected chi connectivity index (χ2v) is 5.08. The minimum atomic E-state index is -0.259. The van der Waals surface area contributed by atoms with Crippen LogP contribution < -0.4 is 5.32 Å². The molecule has 0 radical (unpaired) electrons. The zero-order valence-electron chi connectivity index (χ0n) is 11.5. The largest absolute Gasteiger partial charge is 0.378 e. The van der Waals surface area contributed by atoms with Crippen molar-refractivity contribution in [2.24, 2.45) is 0 Å². The third-order valence-electron chi connectivity index (χ3n) is 3.58. The predicted octanol–water partition coefficient (Wildman–Crippen LogP) is 1.91. The molecule has 1 aliphatic rings. The molecule has 1 aliphatic carbocycles. The monoisotopic (exact) mass is 265 g/mol. The molecule has 0 aromatic carbocycles. The first-order valence-corrected chi connectivity index (χ1v) is 7.16. The molecule has 1 saturated carbocycles. The van der Waals surface area contributed by atoms with Crippen LogP contribution in [0.3, 0.4) is 0 Å². The maximum Gasteiger partial charge on any atom is 0.244 e. The lowest BCUT2D eigenvalue weighted by Gasteiger charge is -2.14. The van der Waals surface area contributed by atoms with Gasteiger partial charge in [-0.3, -0.25) is 9.48 Å². The third kappa shape index (κ3) is 4.35. The zero-order chi connectivity index (χ0) is 13.5. The van der Waals surface area contributed by atoms with Gasteiger partial charge in [-0.05, 0) is 32.3 Å². The number of carbonyl (C=O) groups excluding carboxylic acids is 1. The van der Waals surface area contributed by atoms with Gasteiger partial charge in [0.05, 0.1) is 6.10 Å². The second-order valence-electron chi connectivity index (χ2n) is 5.08. The van der Waals surface area contributed by atoms with E-state index in [1.54, 1.807) is 17.1 Å². The van der Waals surface area contributed by atoms with Crippen molar-refractivity contribution in [2.45, 2.75) is 51.2 Å². The van der Waals surface area contributed by atoms with Gasteiger partial charge in [0.1, 0.15) is 6.04 Å². The molecule has 0 aliphatic heterocycles. The Balaban J connectivity index is 1.56. The Hall–Kier alpha value is -1.36. The molecule has 0 spiro atoms. The van der Waals surface area contributed by atoms with Gasteiger partial charge >= 0.3 is 0 Å². The van der Waals surface area contributed by atoms with Gasteiger partial charge in [0.15, 0.2) is 0 Å². The van der Waals surface area contributed by atoms with Crippen LogP contribution in [0.5, 0.6) is 0 Å². The number of hydrogen-bond donors (Lipinski definition) is 1. The fraction of sp³-hybridized carbons (Fsp3) is 0.714. The minimum absolute atomic E-state index is 0.00423. The molecule has 1 N–H and O–H groups in total. The summed E-state index contributed by atoms with van der Waals surface area (Å²) in [5, 5.41) is 6.98. The summed E-state index contributed by atoms with van der Waals surface area (Å²) < 4.78 is 7.41. The Labute approximate surface area is 114 Å². The number of nitrogens with one attached hydrogen (secondary N) is 1. The van der Waals surface area contributed by atoms with Crippen LogP contribution in [-0.4, -0.2) is 34.9 Å². The SMILES string of the molecule is C[C@@H](C(=O)NCCCOC1CCCC1)n1cccn1. The Bertz CT molecular complexity index is 372. The molecule has 0 bridgehead atoms. The van der Waals surface area contributed by atoms with E-state index in [-0.39, 0.29) is 11.9 Å². The maximum absolute atomic E-state index is 11.8. The number of nitrogens with zero attached hydrogens (tertiary/aromatic N) is 2. The first-order valence-electron chi connectivity index (χ1n) is 7.16. The Morgan fingerprint density at radius 3 is 3.00 bits per heavy atom. The molecular weight excluding hydrogens is 242 g/mol. The molecule has 1 heterocycles. The molecule has 106 valence electrons. The van der Waals surface area contributed by atoms with Crippen molar-refractivity contribution >= 4 is 5.91 Å². The van der Waals surface area contributed by atoms with Crippen molar-refractivity contribution in [2.75, 3.05) is 13.2 Å². The van der Waals surface area contributed by atoms with Crippen LogP contribution in [0.1, 0.15) is 45.1 Å². The van der Waals surface area contributed by atoms with E-state index >= 15 is 0 Å². The smallest absolute Gasteiger partial charge is 0.244 e. The number of rotatable bonds is 7. The van der Waals surface area contributed by atoms with E-state index in [1.165, 1.54) is 25.7 Å². The Morgan fingerprint density at radius 1 is 1.53 bits per heavy atom. The maximum atomic E-state index is 11.8. The van der Waals surface area contributed by atoms with Crippen LogP contribution in [0, 0.1) is 0 Å². The molecule has 2 rings (SSSR count). The number of amides is 1. The highest BCUT2D eigenvalue weighted by Crippen LogP contribution is 2.20. The van der Waals surface area contributed by atoms with Crippen LogP contribution in [0.2, 0.25) is 0 Å². The van der Waals surface area contributed by atoms with Crippen LogP contribution in [0.15, 0.2) is 18.5 Å². The zero-order valence-corrected chi connectivity index (χ0v) is 11.5. The highest BCUT2D eigenvalue weighted by molar-refractivity contribution is 5.79. The normalized spacial score (nSPS) is 17.5. The van der Waals surface area contributed by atoms with Crippen LogP contribution >= 0.6 is 0 Å². The Kier molecular flexibility index (Phi) is 5.39. The summed E-state index contributed by atoms with van der Waals surface area (Å²) in [5.41, 5.74) is 0. The Morgan fingerprint density at radius 2 is 2.32 bits per heavy atom. The number of carbonyl (C=O) groups is 1. The summed E-state index contributed by atoms with van der Waals surface area (Å²) in [7, 11) is 0. The molecule has 0 unspecified atom stereocenters. The average molecular weight is 265 g/mol. The van der Waals surface area contributed by atoms with E-state index < -0.39 is 0 Å². The summed E-state index contributed by atoms with van der Waals surface area (Å²) in [4.78, 5) is 11.8. The van der Waals surface area contributed by atoms with Crippen molar-refractivity contribution in [1.29, 1.82) is 0 Å². The number of aromatic nitrogens is 2. The molecule has 1 amide bonds. The van der Waals surface area contributed by atoms with Crippen molar-refractivity contribution in [3.63, 3.8) is 0 Å². The van der Waals surface area contributed by atoms with Crippen LogP contribution in [-0.2, 0) is 9.53 Å². The van der Waals surface area contributed by atoms with E-state index in [4.69, 9.17) is 4.74 Å². The molecule has 1 fully saturated rings. The van der Waals surface area contributed by atoms with Gasteiger partial charge in [-0.25, -0.2) is 0 Å². The average Bonchev–Trinajstić information content (AvgIpc) is 3.10. The van der Waals surface area contributed by atoms with Gasteiger partial charge < -0.3 is 10.1 Å². The second kappa shape index (κ2) is 7.28. The minimum Gasteiger partial charge on any atom is -0.378 e. The lowest BCUT2D eigenvalue weighted by Crippen LogP contribution is -2.32. The summed E-state index contributed by atoms with van der Waals surface area (Å²) >= 11 is 0. The lowest BCUT2D eigenvalue weighted by atomic mass is 10.3. The molecule has 5 heteroatoms. The van der Waals surface area contributed by atoms with E-state index in [0.717, 1.165) is 13.0 Å². The first kappa shape index (κ1) is 14.1. The lowest BCUT2D eigenvalue weighted by molar-refractivity contribution is -0.124. The molecule has 1 aromatic rings. The number of hydrogen-bond acceptors (Lipinski definition) is 3. The topological polar surface area (TPSA) is 56.1 Å². The van der Waals surface area contributed by atoms with Crippen LogP contribution in [0.4, 0.5) is 0 Å². The molecule has 1 aromatic heterocycles. The number of ether oxygens (including phenoxy) is 1. The molecule has 19 heavy (non-hydrogen) atoms. The van der Waals surface area contributed by atoms with E-state index in [2.05, 4.69) is 10.4 Å². The van der Waals surface area contributed by atoms with E-state index in [9.17, 15) is 4.79 Å². The summed E-state index contributed by atoms with van der Waals surface area (Å²) in [6.45, 7) is 3.25. The quantitative estimate of drug-likeness (QED) is 0.766. The standard InChI is InChI=1S/C14H23N3O2/c1-12(17-10-4-9-16-17)14(18)15-8-5-11-19-13-6-2-3-7-13/h4,9-10,12-13H,2-3,5-8,11H2,1H3,(H,15,18)/t12-/m0/s1. The van der Waals surface area contributed by atoms with Gasteiger partial charge in [0.2, 0.25) is 5.91 Å². The van der Waals surface area contributed by atoms with Gasteiger partial charge in [0, 0.05) is 25.5 Å². The first-order chi connectivity index (χ1) is 9.27. The molecular formula is C14H23N3O2. The van der Waals surface area contributed by atoms with Gasteiger partial charge in [-0.15, -0.1) is 0 Å². The van der Waals surface area contributed by atoms with E-state index in [1.807, 2.05) is 13.0 Å². The van der Waals surface area contributed by atoms with Crippen LogP contribution in [0.25, 0.3) is 0 Å². The van der Waals surface area contributed by atoms with Crippen molar-refractivity contribution in [3.05, 3.63) is 18.5 Å². The molecule has 5 nitrogen and oxygen atoms in total. The van der Waals surface area contributed by atoms with Crippen molar-refractivity contribution in [3.8, 4) is 0 Å². The van der Waals surface area contributed by atoms with Crippen molar-refractivity contribution in [1.82, 2.24) is 15.1 Å². The summed E-state index contributed by atoms with van der Waals surface area (Å²) in [6, 6.07) is 1.56. The summed E-state index contributed by atoms with van der Waals surface area (Å²) in [5.74, 6) is 0.00423. The highest BCUT2D eigenvalue weighted by Gasteiger charge is 2.16. The fourth-order valence-electron chi connectivity index (χ4n) is 2.37. The van der Waals surface area contributed by atoms with Gasteiger partial charge in [-0.1, -0.05) is 12.8 Å². The fourth-order valence-corrected chi connectivity index (χ4v) is 2.37. The summed E-state index contributed by atoms with van der Waals surface area (Å²) in [6.07, 6.45) is 9.79. The molecule has 1 atom stereocenters.